The zero-order valence-corrected chi connectivity index (χ0v) is 17.9. The minimum Gasteiger partial charge on any atom is -0.372 e. The lowest BCUT2D eigenvalue weighted by Crippen LogP contribution is -2.47. The molecule has 0 saturated carbocycles. The number of pyridine rings is 1. The number of nitrogens with zero attached hydrogens (tertiary/aromatic N) is 4. The van der Waals surface area contributed by atoms with Crippen molar-refractivity contribution >= 4 is 23.1 Å². The average molecular weight is 396 g/mol. The molecule has 0 atom stereocenters. The zero-order valence-electron chi connectivity index (χ0n) is 17.9. The van der Waals surface area contributed by atoms with Crippen LogP contribution in [0.5, 0.6) is 0 Å². The van der Waals surface area contributed by atoms with Gasteiger partial charge in [-0.25, -0.2) is 4.98 Å². The van der Waals surface area contributed by atoms with Crippen LogP contribution >= 0.6 is 0 Å². The summed E-state index contributed by atoms with van der Waals surface area (Å²) in [6.45, 7) is 12.9. The van der Waals surface area contributed by atoms with E-state index in [4.69, 9.17) is 0 Å². The van der Waals surface area contributed by atoms with E-state index in [2.05, 4.69) is 64.0 Å². The number of benzene rings is 1. The molecule has 1 amide bonds. The summed E-state index contributed by atoms with van der Waals surface area (Å²) in [5, 5.41) is 3.08. The molecule has 1 aromatic heterocycles. The number of amides is 1. The van der Waals surface area contributed by atoms with E-state index in [1.165, 1.54) is 5.69 Å². The zero-order chi connectivity index (χ0) is 20.6. The van der Waals surface area contributed by atoms with Crippen molar-refractivity contribution < 1.29 is 4.79 Å². The first-order chi connectivity index (χ1) is 14.1. The SMILES string of the molecule is CCN(CC)c1ccc(NC(=O)CCN2CCN(c3ccccn3)CC2)c(C)c1. The van der Waals surface area contributed by atoms with E-state index in [9.17, 15) is 4.79 Å². The second-order valence-corrected chi connectivity index (χ2v) is 7.49. The fourth-order valence-electron chi connectivity index (χ4n) is 3.79. The van der Waals surface area contributed by atoms with Crippen LogP contribution in [0, 0.1) is 6.92 Å². The van der Waals surface area contributed by atoms with Crippen molar-refractivity contribution in [1.29, 1.82) is 0 Å². The summed E-state index contributed by atoms with van der Waals surface area (Å²) in [7, 11) is 0. The number of carbonyl (C=O) groups excluding carboxylic acids is 1. The van der Waals surface area contributed by atoms with E-state index < -0.39 is 0 Å². The monoisotopic (exact) mass is 395 g/mol. The maximum atomic E-state index is 12.5. The van der Waals surface area contributed by atoms with E-state index in [1.54, 1.807) is 0 Å². The van der Waals surface area contributed by atoms with Crippen LogP contribution in [0.2, 0.25) is 0 Å². The number of rotatable bonds is 8. The van der Waals surface area contributed by atoms with E-state index in [-0.39, 0.29) is 5.91 Å². The number of piperazine rings is 1. The molecule has 2 heterocycles. The Labute approximate surface area is 174 Å². The highest BCUT2D eigenvalue weighted by Crippen LogP contribution is 2.23. The molecule has 6 nitrogen and oxygen atoms in total. The predicted molar refractivity (Wildman–Crippen MR) is 121 cm³/mol. The lowest BCUT2D eigenvalue weighted by atomic mass is 10.1. The second-order valence-electron chi connectivity index (χ2n) is 7.49. The summed E-state index contributed by atoms with van der Waals surface area (Å²) in [4.78, 5) is 23.8. The Kier molecular flexibility index (Phi) is 7.47. The molecule has 0 aliphatic carbocycles. The minimum atomic E-state index is 0.0795. The number of carbonyl (C=O) groups is 1. The molecule has 1 aliphatic rings. The lowest BCUT2D eigenvalue weighted by Gasteiger charge is -2.35. The third kappa shape index (κ3) is 5.70. The second kappa shape index (κ2) is 10.3. The van der Waals surface area contributed by atoms with Gasteiger partial charge in [0.05, 0.1) is 0 Å². The molecular weight excluding hydrogens is 362 g/mol. The molecule has 1 N–H and O–H groups in total. The van der Waals surface area contributed by atoms with Crippen LogP contribution < -0.4 is 15.1 Å². The van der Waals surface area contributed by atoms with Crippen molar-refractivity contribution in [2.45, 2.75) is 27.2 Å². The Balaban J connectivity index is 1.45. The summed E-state index contributed by atoms with van der Waals surface area (Å²) in [6.07, 6.45) is 2.35. The summed E-state index contributed by atoms with van der Waals surface area (Å²) >= 11 is 0. The van der Waals surface area contributed by atoms with Gasteiger partial charge in [-0.05, 0) is 56.7 Å². The van der Waals surface area contributed by atoms with Crippen molar-refractivity contribution in [3.8, 4) is 0 Å². The van der Waals surface area contributed by atoms with Crippen LogP contribution in [0.15, 0.2) is 42.6 Å². The molecule has 6 heteroatoms. The molecule has 0 bridgehead atoms. The lowest BCUT2D eigenvalue weighted by molar-refractivity contribution is -0.116. The Morgan fingerprint density at radius 2 is 1.86 bits per heavy atom. The predicted octanol–water partition coefficient (Wildman–Crippen LogP) is 3.39. The molecule has 1 fully saturated rings. The van der Waals surface area contributed by atoms with Crippen LogP contribution in [-0.2, 0) is 4.79 Å². The van der Waals surface area contributed by atoms with Gasteiger partial charge >= 0.3 is 0 Å². The van der Waals surface area contributed by atoms with E-state index >= 15 is 0 Å². The summed E-state index contributed by atoms with van der Waals surface area (Å²) in [5.74, 6) is 1.12. The van der Waals surface area contributed by atoms with Crippen molar-refractivity contribution in [2.75, 3.05) is 60.9 Å². The van der Waals surface area contributed by atoms with E-state index in [0.717, 1.165) is 62.9 Å². The third-order valence-corrected chi connectivity index (χ3v) is 5.61. The first kappa shape index (κ1) is 21.1. The van der Waals surface area contributed by atoms with Gasteiger partial charge in [0.15, 0.2) is 0 Å². The molecule has 29 heavy (non-hydrogen) atoms. The first-order valence-corrected chi connectivity index (χ1v) is 10.6. The van der Waals surface area contributed by atoms with Gasteiger partial charge < -0.3 is 15.1 Å². The normalized spacial score (nSPS) is 14.7. The summed E-state index contributed by atoms with van der Waals surface area (Å²) in [6, 6.07) is 12.3. The topological polar surface area (TPSA) is 51.7 Å². The van der Waals surface area contributed by atoms with Gasteiger partial charge in [0.2, 0.25) is 5.91 Å². The molecule has 1 aromatic carbocycles. The molecule has 156 valence electrons. The van der Waals surface area contributed by atoms with Crippen LogP contribution in [-0.4, -0.2) is 61.6 Å². The van der Waals surface area contributed by atoms with Crippen molar-refractivity contribution in [3.63, 3.8) is 0 Å². The summed E-state index contributed by atoms with van der Waals surface area (Å²) < 4.78 is 0. The standard InChI is InChI=1S/C23H33N5O/c1-4-27(5-2)20-9-10-21(19(3)18-20)25-23(29)11-13-26-14-16-28(17-15-26)22-8-6-7-12-24-22/h6-10,12,18H,4-5,11,13-17H2,1-3H3,(H,25,29). The number of anilines is 3. The molecule has 0 radical (unpaired) electrons. The third-order valence-electron chi connectivity index (χ3n) is 5.61. The van der Waals surface area contributed by atoms with Gasteiger partial charge in [-0.1, -0.05) is 6.07 Å². The van der Waals surface area contributed by atoms with Crippen LogP contribution in [0.25, 0.3) is 0 Å². The highest BCUT2D eigenvalue weighted by atomic mass is 16.1. The Morgan fingerprint density at radius 3 is 2.48 bits per heavy atom. The van der Waals surface area contributed by atoms with Gasteiger partial charge in [0, 0.05) is 69.8 Å². The quantitative estimate of drug-likeness (QED) is 0.743. The van der Waals surface area contributed by atoms with Gasteiger partial charge in [-0.15, -0.1) is 0 Å². The molecule has 0 unspecified atom stereocenters. The Morgan fingerprint density at radius 1 is 1.10 bits per heavy atom. The maximum absolute atomic E-state index is 12.5. The number of aromatic nitrogens is 1. The molecule has 1 aliphatic heterocycles. The van der Waals surface area contributed by atoms with Gasteiger partial charge in [0.1, 0.15) is 5.82 Å². The fourth-order valence-corrected chi connectivity index (χ4v) is 3.79. The van der Waals surface area contributed by atoms with Crippen LogP contribution in [0.4, 0.5) is 17.2 Å². The molecular formula is C23H33N5O. The van der Waals surface area contributed by atoms with Crippen LogP contribution in [0.1, 0.15) is 25.8 Å². The maximum Gasteiger partial charge on any atom is 0.225 e. The molecule has 0 spiro atoms. The van der Waals surface area contributed by atoms with Crippen molar-refractivity contribution in [3.05, 3.63) is 48.2 Å². The van der Waals surface area contributed by atoms with E-state index in [0.29, 0.717) is 6.42 Å². The highest BCUT2D eigenvalue weighted by Gasteiger charge is 2.18. The largest absolute Gasteiger partial charge is 0.372 e. The molecule has 3 rings (SSSR count). The van der Waals surface area contributed by atoms with Crippen molar-refractivity contribution in [2.24, 2.45) is 0 Å². The fraction of sp³-hybridized carbons (Fsp3) is 0.478. The number of hydrogen-bond donors (Lipinski definition) is 1. The van der Waals surface area contributed by atoms with Gasteiger partial charge in [-0.3, -0.25) is 9.69 Å². The number of aryl methyl sites for hydroxylation is 1. The van der Waals surface area contributed by atoms with Crippen molar-refractivity contribution in [1.82, 2.24) is 9.88 Å². The van der Waals surface area contributed by atoms with Gasteiger partial charge in [0.25, 0.3) is 0 Å². The summed E-state index contributed by atoms with van der Waals surface area (Å²) in [5.41, 5.74) is 3.22. The van der Waals surface area contributed by atoms with E-state index in [1.807, 2.05) is 24.4 Å². The Hall–Kier alpha value is -2.60. The smallest absolute Gasteiger partial charge is 0.225 e. The Bertz CT molecular complexity index is 783. The first-order valence-electron chi connectivity index (χ1n) is 10.6. The van der Waals surface area contributed by atoms with Crippen LogP contribution in [0.3, 0.4) is 0 Å². The molecule has 2 aromatic rings. The average Bonchev–Trinajstić information content (AvgIpc) is 2.76. The van der Waals surface area contributed by atoms with Gasteiger partial charge in [-0.2, -0.15) is 0 Å². The number of hydrogen-bond acceptors (Lipinski definition) is 5. The number of nitrogens with one attached hydrogen (secondary N) is 1. The molecule has 1 saturated heterocycles. The minimum absolute atomic E-state index is 0.0795. The highest BCUT2D eigenvalue weighted by molar-refractivity contribution is 5.91.